The fourth-order valence-corrected chi connectivity index (χ4v) is 3.29. The van der Waals surface area contributed by atoms with Crippen LogP contribution in [0.15, 0.2) is 39.3 Å². The average Bonchev–Trinajstić information content (AvgIpc) is 2.36. The zero-order valence-electron chi connectivity index (χ0n) is 11.1. The van der Waals surface area contributed by atoms with Crippen molar-refractivity contribution < 1.29 is 4.79 Å². The Morgan fingerprint density at radius 2 is 1.70 bits per heavy atom. The monoisotopic (exact) mass is 396 g/mol. The van der Waals surface area contributed by atoms with Gasteiger partial charge in [0.15, 0.2) is 0 Å². The Hall–Kier alpha value is -1.33. The molecule has 0 radical (unpaired) electrons. The Morgan fingerprint density at radius 1 is 1.10 bits per heavy atom. The first-order valence-electron chi connectivity index (χ1n) is 6.01. The summed E-state index contributed by atoms with van der Waals surface area (Å²) in [6.45, 7) is 3.88. The van der Waals surface area contributed by atoms with Crippen molar-refractivity contribution in [1.82, 2.24) is 0 Å². The number of amides is 1. The van der Waals surface area contributed by atoms with Gasteiger partial charge in [0.05, 0.1) is 5.69 Å². The van der Waals surface area contributed by atoms with Crippen LogP contribution >= 0.6 is 31.9 Å². The van der Waals surface area contributed by atoms with E-state index in [1.165, 1.54) is 0 Å². The third kappa shape index (κ3) is 3.22. The van der Waals surface area contributed by atoms with E-state index in [-0.39, 0.29) is 5.91 Å². The summed E-state index contributed by atoms with van der Waals surface area (Å²) in [5.74, 6) is -0.141. The minimum atomic E-state index is -0.141. The lowest BCUT2D eigenvalue weighted by molar-refractivity contribution is 0.102. The van der Waals surface area contributed by atoms with Crippen LogP contribution in [-0.2, 0) is 0 Å². The van der Waals surface area contributed by atoms with Crippen LogP contribution in [0.2, 0.25) is 0 Å². The molecular formula is C15H14Br2N2O. The van der Waals surface area contributed by atoms with Crippen molar-refractivity contribution in [3.63, 3.8) is 0 Å². The highest BCUT2D eigenvalue weighted by Crippen LogP contribution is 2.33. The van der Waals surface area contributed by atoms with Gasteiger partial charge in [0.25, 0.3) is 5.91 Å². The van der Waals surface area contributed by atoms with E-state index in [0.717, 1.165) is 20.1 Å². The SMILES string of the molecule is Cc1ccc(C)c(C(=O)Nc2c(Br)cc(N)cc2Br)c1. The van der Waals surface area contributed by atoms with Crippen LogP contribution in [0.5, 0.6) is 0 Å². The number of halogens is 2. The molecule has 0 aliphatic rings. The molecule has 0 heterocycles. The van der Waals surface area contributed by atoms with Crippen molar-refractivity contribution in [2.75, 3.05) is 11.1 Å². The highest BCUT2D eigenvalue weighted by molar-refractivity contribution is 9.11. The molecule has 5 heteroatoms. The third-order valence-electron chi connectivity index (χ3n) is 2.94. The van der Waals surface area contributed by atoms with Gasteiger partial charge in [0, 0.05) is 20.2 Å². The number of hydrogen-bond donors (Lipinski definition) is 2. The van der Waals surface area contributed by atoms with Crippen LogP contribution in [-0.4, -0.2) is 5.91 Å². The molecule has 3 N–H and O–H groups in total. The Labute approximate surface area is 134 Å². The first kappa shape index (κ1) is 15.1. The maximum Gasteiger partial charge on any atom is 0.255 e. The van der Waals surface area contributed by atoms with E-state index >= 15 is 0 Å². The van der Waals surface area contributed by atoms with Gasteiger partial charge < -0.3 is 11.1 Å². The van der Waals surface area contributed by atoms with Crippen molar-refractivity contribution >= 4 is 49.1 Å². The van der Waals surface area contributed by atoms with Crippen LogP contribution in [0.4, 0.5) is 11.4 Å². The summed E-state index contributed by atoms with van der Waals surface area (Å²) in [5.41, 5.74) is 9.69. The van der Waals surface area contributed by atoms with E-state index in [2.05, 4.69) is 37.2 Å². The van der Waals surface area contributed by atoms with Gasteiger partial charge in [-0.25, -0.2) is 0 Å². The lowest BCUT2D eigenvalue weighted by Crippen LogP contribution is -2.14. The lowest BCUT2D eigenvalue weighted by Gasteiger charge is -2.12. The topological polar surface area (TPSA) is 55.1 Å². The van der Waals surface area contributed by atoms with Gasteiger partial charge in [0.2, 0.25) is 0 Å². The zero-order valence-corrected chi connectivity index (χ0v) is 14.3. The van der Waals surface area contributed by atoms with Crippen LogP contribution in [0.1, 0.15) is 21.5 Å². The summed E-state index contributed by atoms with van der Waals surface area (Å²) in [6.07, 6.45) is 0. The quantitative estimate of drug-likeness (QED) is 0.723. The van der Waals surface area contributed by atoms with E-state index in [1.54, 1.807) is 12.1 Å². The summed E-state index contributed by atoms with van der Waals surface area (Å²) in [5, 5.41) is 2.90. The summed E-state index contributed by atoms with van der Waals surface area (Å²) in [6, 6.07) is 9.31. The third-order valence-corrected chi connectivity index (χ3v) is 4.19. The molecule has 0 aromatic heterocycles. The number of carbonyl (C=O) groups excluding carboxylic acids is 1. The Kier molecular flexibility index (Phi) is 4.50. The van der Waals surface area contributed by atoms with Crippen molar-refractivity contribution in [3.05, 3.63) is 56.0 Å². The highest BCUT2D eigenvalue weighted by atomic mass is 79.9. The number of nitrogen functional groups attached to an aromatic ring is 1. The minimum absolute atomic E-state index is 0.141. The van der Waals surface area contributed by atoms with Crippen molar-refractivity contribution in [3.8, 4) is 0 Å². The second kappa shape index (κ2) is 5.97. The van der Waals surface area contributed by atoms with Gasteiger partial charge in [-0.2, -0.15) is 0 Å². The summed E-state index contributed by atoms with van der Waals surface area (Å²) < 4.78 is 1.48. The molecule has 20 heavy (non-hydrogen) atoms. The molecule has 0 unspecified atom stereocenters. The van der Waals surface area contributed by atoms with E-state index in [9.17, 15) is 4.79 Å². The van der Waals surface area contributed by atoms with Crippen LogP contribution in [0.25, 0.3) is 0 Å². The molecule has 0 bridgehead atoms. The Balaban J connectivity index is 2.35. The number of nitrogens with two attached hydrogens (primary N) is 1. The number of hydrogen-bond acceptors (Lipinski definition) is 2. The second-order valence-electron chi connectivity index (χ2n) is 4.63. The molecule has 0 atom stereocenters. The van der Waals surface area contributed by atoms with E-state index in [4.69, 9.17) is 5.73 Å². The molecule has 0 spiro atoms. The molecule has 2 aromatic carbocycles. The second-order valence-corrected chi connectivity index (χ2v) is 6.34. The molecule has 3 nitrogen and oxygen atoms in total. The summed E-state index contributed by atoms with van der Waals surface area (Å²) in [4.78, 5) is 12.4. The Morgan fingerprint density at radius 3 is 2.30 bits per heavy atom. The van der Waals surface area contributed by atoms with Crippen LogP contribution < -0.4 is 11.1 Å². The molecule has 104 valence electrons. The standard InChI is InChI=1S/C15H14Br2N2O/c1-8-3-4-9(2)11(5-8)15(20)19-14-12(16)6-10(18)7-13(14)17/h3-7H,18H2,1-2H3,(H,19,20). The number of nitrogens with one attached hydrogen (secondary N) is 1. The van der Waals surface area contributed by atoms with Gasteiger partial charge in [-0.3, -0.25) is 4.79 Å². The molecule has 0 saturated heterocycles. The maximum atomic E-state index is 12.4. The van der Waals surface area contributed by atoms with Crippen LogP contribution in [0.3, 0.4) is 0 Å². The smallest absolute Gasteiger partial charge is 0.255 e. The van der Waals surface area contributed by atoms with Gasteiger partial charge in [-0.05, 0) is 69.5 Å². The number of benzene rings is 2. The fourth-order valence-electron chi connectivity index (χ4n) is 1.87. The van der Waals surface area contributed by atoms with Gasteiger partial charge in [-0.15, -0.1) is 0 Å². The van der Waals surface area contributed by atoms with Crippen LogP contribution in [0, 0.1) is 13.8 Å². The first-order valence-corrected chi connectivity index (χ1v) is 7.60. The number of rotatable bonds is 2. The van der Waals surface area contributed by atoms with E-state index in [0.29, 0.717) is 16.9 Å². The minimum Gasteiger partial charge on any atom is -0.399 e. The normalized spacial score (nSPS) is 10.4. The molecule has 1 amide bonds. The van der Waals surface area contributed by atoms with Gasteiger partial charge in [-0.1, -0.05) is 17.7 Å². The van der Waals surface area contributed by atoms with Gasteiger partial charge >= 0.3 is 0 Å². The number of carbonyl (C=O) groups is 1. The largest absolute Gasteiger partial charge is 0.399 e. The molecule has 0 aliphatic heterocycles. The predicted octanol–water partition coefficient (Wildman–Crippen LogP) is 4.66. The lowest BCUT2D eigenvalue weighted by atomic mass is 10.1. The molecule has 2 rings (SSSR count). The highest BCUT2D eigenvalue weighted by Gasteiger charge is 2.13. The maximum absolute atomic E-state index is 12.4. The van der Waals surface area contributed by atoms with E-state index < -0.39 is 0 Å². The number of anilines is 2. The van der Waals surface area contributed by atoms with E-state index in [1.807, 2.05) is 32.0 Å². The first-order chi connectivity index (χ1) is 9.38. The Bertz CT molecular complexity index is 661. The molecule has 0 saturated carbocycles. The molecule has 0 fully saturated rings. The number of aryl methyl sites for hydroxylation is 2. The molecule has 0 aliphatic carbocycles. The van der Waals surface area contributed by atoms with Gasteiger partial charge in [0.1, 0.15) is 0 Å². The molecular weight excluding hydrogens is 384 g/mol. The summed E-state index contributed by atoms with van der Waals surface area (Å²) in [7, 11) is 0. The average molecular weight is 398 g/mol. The van der Waals surface area contributed by atoms with Crippen molar-refractivity contribution in [1.29, 1.82) is 0 Å². The predicted molar refractivity (Wildman–Crippen MR) is 90.1 cm³/mol. The zero-order chi connectivity index (χ0) is 14.9. The van der Waals surface area contributed by atoms with Crippen molar-refractivity contribution in [2.45, 2.75) is 13.8 Å². The fraction of sp³-hybridized carbons (Fsp3) is 0.133. The summed E-state index contributed by atoms with van der Waals surface area (Å²) >= 11 is 6.81. The molecule has 2 aromatic rings. The van der Waals surface area contributed by atoms with Crippen molar-refractivity contribution in [2.24, 2.45) is 0 Å².